The Morgan fingerprint density at radius 3 is 2.94 bits per heavy atom. The topological polar surface area (TPSA) is 67.8 Å². The molecule has 1 heterocycles. The van der Waals surface area contributed by atoms with E-state index in [9.17, 15) is 4.79 Å². The Labute approximate surface area is 111 Å². The van der Waals surface area contributed by atoms with Crippen molar-refractivity contribution in [3.63, 3.8) is 0 Å². The zero-order valence-corrected chi connectivity index (χ0v) is 11.3. The summed E-state index contributed by atoms with van der Waals surface area (Å²) in [5.74, 6) is -0.871. The molecule has 1 rings (SSSR count). The maximum atomic E-state index is 10.7. The Bertz CT molecular complexity index is 354. The molecule has 0 fully saturated rings. The van der Waals surface area contributed by atoms with Crippen molar-refractivity contribution in [2.24, 2.45) is 0 Å². The lowest BCUT2D eigenvalue weighted by molar-refractivity contribution is 0.0695. The highest BCUT2D eigenvalue weighted by Crippen LogP contribution is 2.14. The fourth-order valence-corrected chi connectivity index (χ4v) is 2.17. The summed E-state index contributed by atoms with van der Waals surface area (Å²) in [6.07, 6.45) is 0.931. The van der Waals surface area contributed by atoms with Gasteiger partial charge in [0.15, 0.2) is 0 Å². The van der Waals surface area contributed by atoms with Crippen molar-refractivity contribution < 1.29 is 19.4 Å². The molecule has 2 N–H and O–H groups in total. The van der Waals surface area contributed by atoms with Crippen molar-refractivity contribution >= 4 is 17.3 Å². The fourth-order valence-electron chi connectivity index (χ4n) is 1.34. The highest BCUT2D eigenvalue weighted by molar-refractivity contribution is 7.10. The third kappa shape index (κ3) is 6.11. The van der Waals surface area contributed by atoms with Crippen molar-refractivity contribution in [3.8, 4) is 0 Å². The number of ether oxygens (including phenoxy) is 2. The van der Waals surface area contributed by atoms with Crippen LogP contribution in [0.5, 0.6) is 0 Å². The number of methoxy groups -OCH3 is 1. The second-order valence-corrected chi connectivity index (χ2v) is 4.74. The molecule has 0 radical (unpaired) electrons. The maximum absolute atomic E-state index is 10.7. The number of carbonyl (C=O) groups is 1. The first-order valence-electron chi connectivity index (χ1n) is 5.82. The molecule has 1 aromatic heterocycles. The van der Waals surface area contributed by atoms with Crippen molar-refractivity contribution in [2.45, 2.75) is 13.0 Å². The zero-order valence-electron chi connectivity index (χ0n) is 10.5. The van der Waals surface area contributed by atoms with E-state index in [1.807, 2.05) is 0 Å². The normalized spacial score (nSPS) is 10.7. The van der Waals surface area contributed by atoms with Gasteiger partial charge in [-0.3, -0.25) is 0 Å². The van der Waals surface area contributed by atoms with E-state index < -0.39 is 5.97 Å². The van der Waals surface area contributed by atoms with Crippen molar-refractivity contribution in [1.29, 1.82) is 0 Å². The van der Waals surface area contributed by atoms with Gasteiger partial charge in [-0.15, -0.1) is 11.3 Å². The Morgan fingerprint density at radius 2 is 2.28 bits per heavy atom. The van der Waals surface area contributed by atoms with E-state index in [0.29, 0.717) is 31.9 Å². The lowest BCUT2D eigenvalue weighted by Crippen LogP contribution is -2.16. The standard InChI is InChI=1S/C12H19NO4S/c1-16-5-6-17-4-2-3-13-8-11-7-10(9-18-11)12(14)15/h7,9,13H,2-6,8H2,1H3,(H,14,15). The van der Waals surface area contributed by atoms with E-state index in [0.717, 1.165) is 17.8 Å². The third-order valence-electron chi connectivity index (χ3n) is 2.27. The monoisotopic (exact) mass is 273 g/mol. The predicted molar refractivity (Wildman–Crippen MR) is 70.3 cm³/mol. The summed E-state index contributed by atoms with van der Waals surface area (Å²) in [6.45, 7) is 3.52. The molecule has 5 nitrogen and oxygen atoms in total. The molecule has 0 atom stereocenters. The molecule has 0 bridgehead atoms. The van der Waals surface area contributed by atoms with Crippen LogP contribution in [0.4, 0.5) is 0 Å². The zero-order chi connectivity index (χ0) is 13.2. The lowest BCUT2D eigenvalue weighted by Gasteiger charge is -2.04. The van der Waals surface area contributed by atoms with Crippen LogP contribution in [0.3, 0.4) is 0 Å². The first kappa shape index (κ1) is 15.1. The lowest BCUT2D eigenvalue weighted by atomic mass is 10.3. The summed E-state index contributed by atoms with van der Waals surface area (Å²) in [5.41, 5.74) is 0.361. The van der Waals surface area contributed by atoms with Gasteiger partial charge < -0.3 is 19.9 Å². The number of rotatable bonds is 10. The van der Waals surface area contributed by atoms with Gasteiger partial charge in [-0.25, -0.2) is 4.79 Å². The van der Waals surface area contributed by atoms with Crippen molar-refractivity contribution in [1.82, 2.24) is 5.32 Å². The van der Waals surface area contributed by atoms with Crippen LogP contribution in [-0.2, 0) is 16.0 Å². The summed E-state index contributed by atoms with van der Waals surface area (Å²) >= 11 is 1.46. The summed E-state index contributed by atoms with van der Waals surface area (Å²) < 4.78 is 10.2. The third-order valence-corrected chi connectivity index (χ3v) is 3.21. The van der Waals surface area contributed by atoms with Crippen LogP contribution < -0.4 is 5.32 Å². The molecule has 0 aromatic carbocycles. The van der Waals surface area contributed by atoms with E-state index in [2.05, 4.69) is 5.32 Å². The van der Waals surface area contributed by atoms with Gasteiger partial charge in [0.05, 0.1) is 18.8 Å². The SMILES string of the molecule is COCCOCCCNCc1cc(C(=O)O)cs1. The summed E-state index contributed by atoms with van der Waals surface area (Å²) in [5, 5.41) is 13.7. The van der Waals surface area contributed by atoms with Crippen LogP contribution in [-0.4, -0.2) is 44.6 Å². The number of carboxylic acid groups (broad SMARTS) is 1. The van der Waals surface area contributed by atoms with E-state index in [1.54, 1.807) is 18.6 Å². The number of thiophene rings is 1. The van der Waals surface area contributed by atoms with Gasteiger partial charge >= 0.3 is 5.97 Å². The molecule has 102 valence electrons. The maximum Gasteiger partial charge on any atom is 0.336 e. The molecule has 0 amide bonds. The van der Waals surface area contributed by atoms with Crippen LogP contribution in [0.15, 0.2) is 11.4 Å². The fraction of sp³-hybridized carbons (Fsp3) is 0.583. The van der Waals surface area contributed by atoms with Gasteiger partial charge in [0.25, 0.3) is 0 Å². The molecule has 1 aromatic rings. The highest BCUT2D eigenvalue weighted by Gasteiger charge is 2.05. The van der Waals surface area contributed by atoms with Crippen molar-refractivity contribution in [3.05, 3.63) is 21.9 Å². The van der Waals surface area contributed by atoms with E-state index in [1.165, 1.54) is 11.3 Å². The average molecular weight is 273 g/mol. The van der Waals surface area contributed by atoms with Crippen LogP contribution in [0, 0.1) is 0 Å². The predicted octanol–water partition coefficient (Wildman–Crippen LogP) is 1.59. The molecular weight excluding hydrogens is 254 g/mol. The first-order chi connectivity index (χ1) is 8.74. The summed E-state index contributed by atoms with van der Waals surface area (Å²) in [7, 11) is 1.65. The molecule has 18 heavy (non-hydrogen) atoms. The number of hydrogen-bond acceptors (Lipinski definition) is 5. The number of aromatic carboxylic acids is 1. The number of nitrogens with one attached hydrogen (secondary N) is 1. The van der Waals surface area contributed by atoms with Gasteiger partial charge in [-0.2, -0.15) is 0 Å². The first-order valence-corrected chi connectivity index (χ1v) is 6.70. The number of hydrogen-bond donors (Lipinski definition) is 2. The quantitative estimate of drug-likeness (QED) is 0.634. The van der Waals surface area contributed by atoms with E-state index in [4.69, 9.17) is 14.6 Å². The molecule has 0 saturated heterocycles. The minimum absolute atomic E-state index is 0.361. The van der Waals surface area contributed by atoms with Crippen LogP contribution in [0.1, 0.15) is 21.7 Å². The van der Waals surface area contributed by atoms with E-state index in [-0.39, 0.29) is 0 Å². The van der Waals surface area contributed by atoms with Crippen molar-refractivity contribution in [2.75, 3.05) is 33.5 Å². The second-order valence-electron chi connectivity index (χ2n) is 3.74. The van der Waals surface area contributed by atoms with E-state index >= 15 is 0 Å². The molecule has 0 aliphatic carbocycles. The molecule has 6 heteroatoms. The Hall–Kier alpha value is -0.950. The van der Waals surface area contributed by atoms with Gasteiger partial charge in [-0.05, 0) is 19.0 Å². The Kier molecular flexibility index (Phi) is 7.59. The average Bonchev–Trinajstić information content (AvgIpc) is 2.81. The van der Waals surface area contributed by atoms with Gasteiger partial charge in [0.2, 0.25) is 0 Å². The smallest absolute Gasteiger partial charge is 0.336 e. The van der Waals surface area contributed by atoms with Gasteiger partial charge in [0.1, 0.15) is 0 Å². The summed E-state index contributed by atoms with van der Waals surface area (Å²) in [4.78, 5) is 11.7. The number of carboxylic acids is 1. The molecule has 0 unspecified atom stereocenters. The highest BCUT2D eigenvalue weighted by atomic mass is 32.1. The molecule has 0 spiro atoms. The van der Waals surface area contributed by atoms with Crippen LogP contribution >= 0.6 is 11.3 Å². The Balaban J connectivity index is 2.02. The summed E-state index contributed by atoms with van der Waals surface area (Å²) in [6, 6.07) is 1.70. The van der Waals surface area contributed by atoms with Gasteiger partial charge in [-0.1, -0.05) is 0 Å². The molecular formula is C12H19NO4S. The second kappa shape index (κ2) is 9.04. The molecule has 0 aliphatic heterocycles. The minimum atomic E-state index is -0.871. The van der Waals surface area contributed by atoms with Gasteiger partial charge in [0, 0.05) is 30.5 Å². The van der Waals surface area contributed by atoms with Crippen LogP contribution in [0.25, 0.3) is 0 Å². The Morgan fingerprint density at radius 1 is 1.44 bits per heavy atom. The largest absolute Gasteiger partial charge is 0.478 e. The minimum Gasteiger partial charge on any atom is -0.478 e. The molecule has 0 saturated carbocycles. The molecule has 0 aliphatic rings. The van der Waals surface area contributed by atoms with Crippen LogP contribution in [0.2, 0.25) is 0 Å².